The van der Waals surface area contributed by atoms with Crippen molar-refractivity contribution in [3.05, 3.63) is 38.3 Å². The van der Waals surface area contributed by atoms with E-state index < -0.39 is 29.2 Å². The number of nitrogens with one attached hydrogen (secondary N) is 1. The number of nitro benzene ring substituents is 1. The smallest absolute Gasteiger partial charge is 0.417 e. The van der Waals surface area contributed by atoms with E-state index in [9.17, 15) is 28.1 Å². The van der Waals surface area contributed by atoms with Crippen LogP contribution in [0.1, 0.15) is 12.5 Å². The molecule has 1 aromatic carbocycles. The molecule has 0 bridgehead atoms. The van der Waals surface area contributed by atoms with Gasteiger partial charge in [-0.3, -0.25) is 15.4 Å². The number of carboxylic acid groups (broad SMARTS) is 1. The summed E-state index contributed by atoms with van der Waals surface area (Å²) >= 11 is 3.00. The van der Waals surface area contributed by atoms with Crippen LogP contribution in [0.25, 0.3) is 0 Å². The van der Waals surface area contributed by atoms with Crippen LogP contribution >= 0.6 is 15.9 Å². The van der Waals surface area contributed by atoms with Crippen LogP contribution in [0.3, 0.4) is 0 Å². The molecule has 0 aliphatic carbocycles. The molecule has 0 amide bonds. The summed E-state index contributed by atoms with van der Waals surface area (Å²) in [5.74, 6) is -2.06. The Hall–Kier alpha value is -1.68. The number of hydrogen-bond donors (Lipinski definition) is 2. The van der Waals surface area contributed by atoms with Crippen molar-refractivity contribution in [2.75, 3.05) is 0 Å². The van der Waals surface area contributed by atoms with E-state index >= 15 is 0 Å². The standard InChI is InChI=1S/C11H10BrF3N2O4/c1-10(9(18)19,11(13,14)15)16-5-6-2-3-7(17(20)21)4-8(6)12/h2-4,16H,5H2,1H3,(H,18,19). The monoisotopic (exact) mass is 370 g/mol. The first-order chi connectivity index (χ1) is 9.49. The second-order valence-corrected chi connectivity index (χ2v) is 5.17. The summed E-state index contributed by atoms with van der Waals surface area (Å²) in [5.41, 5.74) is -3.09. The topological polar surface area (TPSA) is 92.5 Å². The average molecular weight is 371 g/mol. The van der Waals surface area contributed by atoms with E-state index in [4.69, 9.17) is 5.11 Å². The van der Waals surface area contributed by atoms with Crippen molar-refractivity contribution >= 4 is 27.6 Å². The number of nitrogens with zero attached hydrogens (tertiary/aromatic N) is 1. The molecule has 0 aromatic heterocycles. The quantitative estimate of drug-likeness (QED) is 0.614. The number of alkyl halides is 3. The van der Waals surface area contributed by atoms with Crippen molar-refractivity contribution in [3.63, 3.8) is 0 Å². The minimum atomic E-state index is -4.99. The van der Waals surface area contributed by atoms with Gasteiger partial charge in [0.1, 0.15) is 0 Å². The Labute approximate surface area is 125 Å². The summed E-state index contributed by atoms with van der Waals surface area (Å²) in [7, 11) is 0. The summed E-state index contributed by atoms with van der Waals surface area (Å²) in [5, 5.41) is 21.2. The van der Waals surface area contributed by atoms with Gasteiger partial charge in [-0.2, -0.15) is 13.2 Å². The molecular formula is C11H10BrF3N2O4. The van der Waals surface area contributed by atoms with Crippen LogP contribution in [0.15, 0.2) is 22.7 Å². The molecule has 0 aliphatic heterocycles. The Morgan fingerprint density at radius 1 is 1.48 bits per heavy atom. The SMILES string of the molecule is CC(NCc1ccc([N+](=O)[O-])cc1Br)(C(=O)O)C(F)(F)F. The van der Waals surface area contributed by atoms with Crippen LogP contribution in [0, 0.1) is 10.1 Å². The minimum absolute atomic E-state index is 0.208. The predicted octanol–water partition coefficient (Wildman–Crippen LogP) is 2.85. The van der Waals surface area contributed by atoms with Gasteiger partial charge in [-0.1, -0.05) is 15.9 Å². The number of hydrogen-bond acceptors (Lipinski definition) is 4. The van der Waals surface area contributed by atoms with Crippen LogP contribution in [0.5, 0.6) is 0 Å². The maximum atomic E-state index is 12.8. The molecule has 6 nitrogen and oxygen atoms in total. The van der Waals surface area contributed by atoms with Gasteiger partial charge in [0, 0.05) is 23.2 Å². The highest BCUT2D eigenvalue weighted by molar-refractivity contribution is 9.10. The van der Waals surface area contributed by atoms with Crippen LogP contribution in [0.4, 0.5) is 18.9 Å². The predicted molar refractivity (Wildman–Crippen MR) is 69.7 cm³/mol. The van der Waals surface area contributed by atoms with Gasteiger partial charge >= 0.3 is 12.1 Å². The molecule has 116 valence electrons. The number of nitro groups is 1. The van der Waals surface area contributed by atoms with Gasteiger partial charge < -0.3 is 5.11 Å². The summed E-state index contributed by atoms with van der Waals surface area (Å²) < 4.78 is 38.6. The lowest BCUT2D eigenvalue weighted by atomic mass is 10.0. The Kier molecular flexibility index (Phi) is 4.95. The molecule has 0 saturated heterocycles. The van der Waals surface area contributed by atoms with Crippen LogP contribution in [-0.2, 0) is 11.3 Å². The largest absolute Gasteiger partial charge is 0.480 e. The zero-order chi connectivity index (χ0) is 16.4. The summed E-state index contributed by atoms with van der Waals surface area (Å²) in [6, 6.07) is 3.49. The number of carbonyl (C=O) groups is 1. The molecule has 21 heavy (non-hydrogen) atoms. The molecular weight excluding hydrogens is 361 g/mol. The van der Waals surface area contributed by atoms with E-state index in [-0.39, 0.29) is 15.7 Å². The van der Waals surface area contributed by atoms with E-state index in [1.807, 2.05) is 5.32 Å². The van der Waals surface area contributed by atoms with Crippen molar-refractivity contribution in [2.45, 2.75) is 25.2 Å². The molecule has 0 radical (unpaired) electrons. The second kappa shape index (κ2) is 5.98. The first-order valence-electron chi connectivity index (χ1n) is 5.47. The van der Waals surface area contributed by atoms with Gasteiger partial charge in [-0.15, -0.1) is 0 Å². The number of halogens is 4. The van der Waals surface area contributed by atoms with Crippen LogP contribution in [-0.4, -0.2) is 27.7 Å². The number of aliphatic carboxylic acids is 1. The fourth-order valence-corrected chi connectivity index (χ4v) is 1.87. The number of benzene rings is 1. The molecule has 1 rings (SSSR count). The van der Waals surface area contributed by atoms with Gasteiger partial charge in [-0.05, 0) is 18.6 Å². The Balaban J connectivity index is 2.97. The molecule has 1 aromatic rings. The summed E-state index contributed by atoms with van der Waals surface area (Å²) in [6.07, 6.45) is -4.99. The highest BCUT2D eigenvalue weighted by atomic mass is 79.9. The van der Waals surface area contributed by atoms with Gasteiger partial charge in [0.15, 0.2) is 0 Å². The third-order valence-electron chi connectivity index (χ3n) is 2.87. The van der Waals surface area contributed by atoms with Crippen molar-refractivity contribution in [3.8, 4) is 0 Å². The lowest BCUT2D eigenvalue weighted by Crippen LogP contribution is -2.59. The van der Waals surface area contributed by atoms with E-state index in [1.54, 1.807) is 0 Å². The average Bonchev–Trinajstić information content (AvgIpc) is 2.34. The van der Waals surface area contributed by atoms with Gasteiger partial charge in [0.05, 0.1) is 4.92 Å². The molecule has 1 unspecified atom stereocenters. The summed E-state index contributed by atoms with van der Waals surface area (Å²) in [4.78, 5) is 20.7. The first kappa shape index (κ1) is 17.4. The number of rotatable bonds is 5. The zero-order valence-electron chi connectivity index (χ0n) is 10.6. The molecule has 0 saturated carbocycles. The van der Waals surface area contributed by atoms with Gasteiger partial charge in [0.25, 0.3) is 5.69 Å². The zero-order valence-corrected chi connectivity index (χ0v) is 12.2. The van der Waals surface area contributed by atoms with Crippen LogP contribution in [0.2, 0.25) is 0 Å². The molecule has 0 spiro atoms. The molecule has 10 heteroatoms. The van der Waals surface area contributed by atoms with E-state index in [0.717, 1.165) is 12.1 Å². The van der Waals surface area contributed by atoms with Crippen molar-refractivity contribution in [2.24, 2.45) is 0 Å². The second-order valence-electron chi connectivity index (χ2n) is 4.31. The van der Waals surface area contributed by atoms with Crippen molar-refractivity contribution in [1.29, 1.82) is 0 Å². The molecule has 0 aliphatic rings. The number of non-ortho nitro benzene ring substituents is 1. The number of carboxylic acids is 1. The molecule has 0 heterocycles. The third-order valence-corrected chi connectivity index (χ3v) is 3.61. The lowest BCUT2D eigenvalue weighted by molar-refractivity contribution is -0.384. The lowest BCUT2D eigenvalue weighted by Gasteiger charge is -2.28. The van der Waals surface area contributed by atoms with Gasteiger partial charge in [-0.25, -0.2) is 4.79 Å². The minimum Gasteiger partial charge on any atom is -0.480 e. The first-order valence-corrected chi connectivity index (χ1v) is 6.26. The van der Waals surface area contributed by atoms with E-state index in [1.165, 1.54) is 6.07 Å². The van der Waals surface area contributed by atoms with Crippen molar-refractivity contribution in [1.82, 2.24) is 5.32 Å². The van der Waals surface area contributed by atoms with E-state index in [2.05, 4.69) is 15.9 Å². The normalized spacial score (nSPS) is 14.5. The fraction of sp³-hybridized carbons (Fsp3) is 0.364. The molecule has 0 fully saturated rings. The Bertz CT molecular complexity index is 579. The van der Waals surface area contributed by atoms with E-state index in [0.29, 0.717) is 6.92 Å². The highest BCUT2D eigenvalue weighted by Gasteiger charge is 2.57. The molecule has 1 atom stereocenters. The maximum absolute atomic E-state index is 12.8. The van der Waals surface area contributed by atoms with Crippen LogP contribution < -0.4 is 5.32 Å². The highest BCUT2D eigenvalue weighted by Crippen LogP contribution is 2.31. The third kappa shape index (κ3) is 3.70. The Morgan fingerprint density at radius 3 is 2.43 bits per heavy atom. The van der Waals surface area contributed by atoms with Gasteiger partial charge in [0.2, 0.25) is 5.54 Å². The molecule has 2 N–H and O–H groups in total. The maximum Gasteiger partial charge on any atom is 0.417 e. The van der Waals surface area contributed by atoms with Crippen molar-refractivity contribution < 1.29 is 28.0 Å². The summed E-state index contributed by atoms with van der Waals surface area (Å²) in [6.45, 7) is 0.0789. The Morgan fingerprint density at radius 2 is 2.05 bits per heavy atom. The fourth-order valence-electron chi connectivity index (χ4n) is 1.36.